The number of methoxy groups -OCH3 is 4. The third kappa shape index (κ3) is 2.88. The lowest BCUT2D eigenvalue weighted by atomic mass is 10.0. The third-order valence-corrected chi connectivity index (χ3v) is 4.26. The van der Waals surface area contributed by atoms with Gasteiger partial charge in [-0.3, -0.25) is 0 Å². The zero-order chi connectivity index (χ0) is 15.4. The molecule has 0 aliphatic carbocycles. The zero-order valence-electron chi connectivity index (χ0n) is 12.4. The van der Waals surface area contributed by atoms with Crippen LogP contribution in [-0.2, 0) is 0 Å². The van der Waals surface area contributed by atoms with Gasteiger partial charge in [-0.05, 0) is 46.9 Å². The molecule has 2 aromatic rings. The second-order valence-corrected chi connectivity index (χ2v) is 5.28. The molecule has 0 radical (unpaired) electrons. The van der Waals surface area contributed by atoms with Gasteiger partial charge < -0.3 is 18.9 Å². The van der Waals surface area contributed by atoms with Crippen LogP contribution in [0.1, 0.15) is 0 Å². The van der Waals surface area contributed by atoms with Crippen LogP contribution in [0.5, 0.6) is 23.0 Å². The molecule has 5 heteroatoms. The molecular formula is C16H17IO4. The van der Waals surface area contributed by atoms with Gasteiger partial charge in [0.05, 0.1) is 37.6 Å². The highest BCUT2D eigenvalue weighted by Crippen LogP contribution is 2.47. The first-order valence-electron chi connectivity index (χ1n) is 6.29. The maximum Gasteiger partial charge on any atom is 0.133 e. The zero-order valence-corrected chi connectivity index (χ0v) is 14.6. The van der Waals surface area contributed by atoms with E-state index in [0.29, 0.717) is 0 Å². The molecule has 112 valence electrons. The van der Waals surface area contributed by atoms with Gasteiger partial charge in [0.2, 0.25) is 0 Å². The molecule has 0 aliphatic rings. The molecule has 2 rings (SSSR count). The molecule has 0 spiro atoms. The first-order chi connectivity index (χ1) is 10.2. The summed E-state index contributed by atoms with van der Waals surface area (Å²) in [6.07, 6.45) is 0. The fourth-order valence-corrected chi connectivity index (χ4v) is 3.13. The summed E-state index contributed by atoms with van der Waals surface area (Å²) < 4.78 is 22.8. The minimum absolute atomic E-state index is 0.721. The summed E-state index contributed by atoms with van der Waals surface area (Å²) in [5.74, 6) is 2.96. The Balaban J connectivity index is 2.82. The number of hydrogen-bond donors (Lipinski definition) is 0. The van der Waals surface area contributed by atoms with Gasteiger partial charge in [-0.15, -0.1) is 0 Å². The molecular weight excluding hydrogens is 383 g/mol. The highest BCUT2D eigenvalue weighted by Gasteiger charge is 2.21. The number of rotatable bonds is 5. The molecule has 4 nitrogen and oxygen atoms in total. The monoisotopic (exact) mass is 400 g/mol. The number of ether oxygens (including phenoxy) is 4. The van der Waals surface area contributed by atoms with Gasteiger partial charge in [-0.2, -0.15) is 0 Å². The fraction of sp³-hybridized carbons (Fsp3) is 0.250. The van der Waals surface area contributed by atoms with Crippen molar-refractivity contribution in [2.75, 3.05) is 28.4 Å². The van der Waals surface area contributed by atoms with Crippen molar-refractivity contribution < 1.29 is 18.9 Å². The van der Waals surface area contributed by atoms with E-state index < -0.39 is 0 Å². The molecule has 0 aromatic heterocycles. The average molecular weight is 400 g/mol. The van der Waals surface area contributed by atoms with Crippen LogP contribution in [-0.4, -0.2) is 28.4 Å². The number of benzene rings is 2. The van der Waals surface area contributed by atoms with E-state index in [1.807, 2.05) is 30.3 Å². The van der Waals surface area contributed by atoms with Gasteiger partial charge in [0, 0.05) is 5.56 Å². The third-order valence-electron chi connectivity index (χ3n) is 3.19. The van der Waals surface area contributed by atoms with Crippen LogP contribution in [0.4, 0.5) is 0 Å². The molecule has 0 unspecified atom stereocenters. The molecule has 0 amide bonds. The Bertz CT molecular complexity index is 618. The Kier molecular flexibility index (Phi) is 5.17. The van der Waals surface area contributed by atoms with Crippen molar-refractivity contribution in [1.29, 1.82) is 0 Å². The van der Waals surface area contributed by atoms with Crippen LogP contribution in [0.3, 0.4) is 0 Å². The van der Waals surface area contributed by atoms with E-state index in [1.54, 1.807) is 28.4 Å². The normalized spacial score (nSPS) is 10.1. The quantitative estimate of drug-likeness (QED) is 0.712. The maximum absolute atomic E-state index is 5.51. The molecule has 0 atom stereocenters. The van der Waals surface area contributed by atoms with Crippen molar-refractivity contribution in [2.45, 2.75) is 0 Å². The Morgan fingerprint density at radius 1 is 0.619 bits per heavy atom. The predicted octanol–water partition coefficient (Wildman–Crippen LogP) is 3.99. The first kappa shape index (κ1) is 15.8. The van der Waals surface area contributed by atoms with Crippen LogP contribution in [0.2, 0.25) is 0 Å². The summed E-state index contributed by atoms with van der Waals surface area (Å²) in [6.45, 7) is 0. The van der Waals surface area contributed by atoms with Gasteiger partial charge in [0.15, 0.2) is 0 Å². The molecule has 0 fully saturated rings. The SMILES string of the molecule is COc1ccc(OC)c(-c2c(OC)cccc2OC)c1I. The average Bonchev–Trinajstić information content (AvgIpc) is 2.53. The van der Waals surface area contributed by atoms with Crippen LogP contribution in [0, 0.1) is 3.57 Å². The van der Waals surface area contributed by atoms with E-state index in [4.69, 9.17) is 18.9 Å². The van der Waals surface area contributed by atoms with E-state index in [1.165, 1.54) is 0 Å². The Labute approximate surface area is 138 Å². The number of hydrogen-bond acceptors (Lipinski definition) is 4. The summed E-state index contributed by atoms with van der Waals surface area (Å²) in [6, 6.07) is 9.44. The molecule has 2 aromatic carbocycles. The minimum Gasteiger partial charge on any atom is -0.496 e. The smallest absolute Gasteiger partial charge is 0.133 e. The van der Waals surface area contributed by atoms with Crippen molar-refractivity contribution in [1.82, 2.24) is 0 Å². The van der Waals surface area contributed by atoms with Gasteiger partial charge in [0.25, 0.3) is 0 Å². The van der Waals surface area contributed by atoms with E-state index in [0.717, 1.165) is 37.7 Å². The minimum atomic E-state index is 0.721. The van der Waals surface area contributed by atoms with Gasteiger partial charge >= 0.3 is 0 Å². The highest BCUT2D eigenvalue weighted by atomic mass is 127. The fourth-order valence-electron chi connectivity index (χ4n) is 2.20. The lowest BCUT2D eigenvalue weighted by Crippen LogP contribution is -1.99. The van der Waals surface area contributed by atoms with E-state index >= 15 is 0 Å². The Morgan fingerprint density at radius 2 is 1.05 bits per heavy atom. The van der Waals surface area contributed by atoms with E-state index in [-0.39, 0.29) is 0 Å². The van der Waals surface area contributed by atoms with Crippen LogP contribution < -0.4 is 18.9 Å². The van der Waals surface area contributed by atoms with Crippen molar-refractivity contribution >= 4 is 22.6 Å². The highest BCUT2D eigenvalue weighted by molar-refractivity contribution is 14.1. The summed E-state index contributed by atoms with van der Waals surface area (Å²) in [4.78, 5) is 0. The van der Waals surface area contributed by atoms with Gasteiger partial charge in [0.1, 0.15) is 23.0 Å². The molecule has 21 heavy (non-hydrogen) atoms. The first-order valence-corrected chi connectivity index (χ1v) is 7.37. The second kappa shape index (κ2) is 6.89. The van der Waals surface area contributed by atoms with Crippen molar-refractivity contribution in [3.8, 4) is 34.1 Å². The van der Waals surface area contributed by atoms with Gasteiger partial charge in [-0.1, -0.05) is 6.07 Å². The van der Waals surface area contributed by atoms with Crippen molar-refractivity contribution in [2.24, 2.45) is 0 Å². The predicted molar refractivity (Wildman–Crippen MR) is 90.8 cm³/mol. The van der Waals surface area contributed by atoms with Crippen molar-refractivity contribution in [3.05, 3.63) is 33.9 Å². The van der Waals surface area contributed by atoms with E-state index in [9.17, 15) is 0 Å². The summed E-state index contributed by atoms with van der Waals surface area (Å²) in [5, 5.41) is 0. The van der Waals surface area contributed by atoms with Crippen LogP contribution >= 0.6 is 22.6 Å². The lowest BCUT2D eigenvalue weighted by molar-refractivity contribution is 0.391. The molecule has 0 aliphatic heterocycles. The standard InChI is InChI=1S/C16H17IO4/c1-18-10-6-5-7-11(19-2)14(10)15-12(20-3)8-9-13(21-4)16(15)17/h5-9H,1-4H3. The summed E-state index contributed by atoms with van der Waals surface area (Å²) >= 11 is 2.24. The maximum atomic E-state index is 5.51. The van der Waals surface area contributed by atoms with Gasteiger partial charge in [-0.25, -0.2) is 0 Å². The molecule has 0 saturated carbocycles. The lowest BCUT2D eigenvalue weighted by Gasteiger charge is -2.18. The van der Waals surface area contributed by atoms with Crippen LogP contribution in [0.15, 0.2) is 30.3 Å². The summed E-state index contributed by atoms with van der Waals surface area (Å²) in [7, 11) is 6.56. The molecule has 0 heterocycles. The number of halogens is 1. The molecule has 0 N–H and O–H groups in total. The summed E-state index contributed by atoms with van der Waals surface area (Å²) in [5.41, 5.74) is 1.74. The largest absolute Gasteiger partial charge is 0.496 e. The molecule has 0 saturated heterocycles. The second-order valence-electron chi connectivity index (χ2n) is 4.20. The van der Waals surface area contributed by atoms with E-state index in [2.05, 4.69) is 22.6 Å². The Hall–Kier alpha value is -1.63. The van der Waals surface area contributed by atoms with Crippen molar-refractivity contribution in [3.63, 3.8) is 0 Å². The molecule has 0 bridgehead atoms. The Morgan fingerprint density at radius 3 is 1.52 bits per heavy atom. The van der Waals surface area contributed by atoms with Crippen LogP contribution in [0.25, 0.3) is 11.1 Å². The topological polar surface area (TPSA) is 36.9 Å².